The van der Waals surface area contributed by atoms with E-state index in [-0.39, 0.29) is 0 Å². The van der Waals surface area contributed by atoms with Gasteiger partial charge in [-0.1, -0.05) is 25.1 Å². The molecule has 0 amide bonds. The maximum Gasteiger partial charge on any atom is 0.150 e. The van der Waals surface area contributed by atoms with Crippen LogP contribution in [0.3, 0.4) is 0 Å². The van der Waals surface area contributed by atoms with Crippen molar-refractivity contribution in [2.24, 2.45) is 0 Å². The van der Waals surface area contributed by atoms with E-state index in [0.717, 1.165) is 29.3 Å². The highest BCUT2D eigenvalue weighted by atomic mass is 32.2. The first-order valence-electron chi connectivity index (χ1n) is 7.61. The summed E-state index contributed by atoms with van der Waals surface area (Å²) in [4.78, 5) is 4.59. The molecule has 114 valence electrons. The number of hydrogen-bond donors (Lipinski definition) is 1. The van der Waals surface area contributed by atoms with E-state index in [1.807, 2.05) is 0 Å². The summed E-state index contributed by atoms with van der Waals surface area (Å²) in [6, 6.07) is 7.03. The average molecular weight is 322 g/mol. The van der Waals surface area contributed by atoms with Gasteiger partial charge in [-0.2, -0.15) is 0 Å². The Morgan fingerprint density at radius 3 is 3.19 bits per heavy atom. The van der Waals surface area contributed by atoms with Crippen molar-refractivity contribution >= 4 is 39.0 Å². The molecule has 0 aliphatic carbocycles. The van der Waals surface area contributed by atoms with E-state index < -0.39 is 0 Å². The van der Waals surface area contributed by atoms with Gasteiger partial charge in [0.15, 0.2) is 4.34 Å². The fourth-order valence-corrected chi connectivity index (χ4v) is 4.38. The number of thiazole rings is 1. The number of ether oxygens (including phenoxy) is 1. The zero-order valence-electron chi connectivity index (χ0n) is 12.6. The molecule has 2 atom stereocenters. The standard InChI is InChI=1S/C16H22N2OS2/c1-3-4-13-9-12(7-8-19-13)17-11-5-6-14-15(10-11)21-16(18-14)20-2/h5-6,10,12-13,17H,3-4,7-9H2,1-2H3. The van der Waals surface area contributed by atoms with Crippen molar-refractivity contribution in [3.05, 3.63) is 18.2 Å². The number of nitrogens with zero attached hydrogens (tertiary/aromatic N) is 1. The Kier molecular flexibility index (Phi) is 5.03. The monoisotopic (exact) mass is 322 g/mol. The van der Waals surface area contributed by atoms with Gasteiger partial charge < -0.3 is 10.1 Å². The highest BCUT2D eigenvalue weighted by molar-refractivity contribution is 8.00. The van der Waals surface area contributed by atoms with Gasteiger partial charge in [0.05, 0.1) is 16.3 Å². The number of benzene rings is 1. The highest BCUT2D eigenvalue weighted by Gasteiger charge is 2.21. The van der Waals surface area contributed by atoms with Crippen molar-refractivity contribution in [3.63, 3.8) is 0 Å². The van der Waals surface area contributed by atoms with Crippen LogP contribution in [0.25, 0.3) is 10.2 Å². The molecule has 2 aromatic rings. The third kappa shape index (κ3) is 3.71. The summed E-state index contributed by atoms with van der Waals surface area (Å²) in [7, 11) is 0. The Morgan fingerprint density at radius 2 is 2.38 bits per heavy atom. The molecule has 1 aromatic carbocycles. The fraction of sp³-hybridized carbons (Fsp3) is 0.562. The van der Waals surface area contributed by atoms with Crippen LogP contribution < -0.4 is 5.32 Å². The number of fused-ring (bicyclic) bond motifs is 1. The smallest absolute Gasteiger partial charge is 0.150 e. The average Bonchev–Trinajstić information content (AvgIpc) is 2.90. The molecule has 1 aliphatic heterocycles. The molecule has 1 aromatic heterocycles. The second-order valence-corrected chi connectivity index (χ2v) is 7.60. The van der Waals surface area contributed by atoms with Crippen molar-refractivity contribution in [3.8, 4) is 0 Å². The molecule has 21 heavy (non-hydrogen) atoms. The lowest BCUT2D eigenvalue weighted by molar-refractivity contribution is 0.00598. The number of hydrogen-bond acceptors (Lipinski definition) is 5. The van der Waals surface area contributed by atoms with E-state index in [4.69, 9.17) is 4.74 Å². The van der Waals surface area contributed by atoms with Gasteiger partial charge >= 0.3 is 0 Å². The molecule has 1 saturated heterocycles. The van der Waals surface area contributed by atoms with Crippen molar-refractivity contribution in [1.29, 1.82) is 0 Å². The van der Waals surface area contributed by atoms with Gasteiger partial charge in [-0.25, -0.2) is 4.98 Å². The van der Waals surface area contributed by atoms with Crippen LogP contribution >= 0.6 is 23.1 Å². The minimum atomic E-state index is 0.427. The van der Waals surface area contributed by atoms with Gasteiger partial charge in [0.2, 0.25) is 0 Å². The molecule has 0 saturated carbocycles. The molecule has 0 spiro atoms. The zero-order valence-corrected chi connectivity index (χ0v) is 14.2. The maximum absolute atomic E-state index is 5.82. The van der Waals surface area contributed by atoms with E-state index in [2.05, 4.69) is 41.7 Å². The van der Waals surface area contributed by atoms with Crippen molar-refractivity contribution in [2.45, 2.75) is 49.1 Å². The number of aromatic nitrogens is 1. The summed E-state index contributed by atoms with van der Waals surface area (Å²) < 4.78 is 8.22. The minimum absolute atomic E-state index is 0.427. The van der Waals surface area contributed by atoms with Crippen LogP contribution in [-0.2, 0) is 4.74 Å². The number of rotatable bonds is 5. The van der Waals surface area contributed by atoms with Crippen molar-refractivity contribution in [1.82, 2.24) is 4.98 Å². The summed E-state index contributed by atoms with van der Waals surface area (Å²) in [5.41, 5.74) is 2.31. The normalized spacial score (nSPS) is 22.6. The van der Waals surface area contributed by atoms with E-state index in [1.165, 1.54) is 23.2 Å². The lowest BCUT2D eigenvalue weighted by atomic mass is 10.00. The van der Waals surface area contributed by atoms with Crippen LogP contribution in [0.15, 0.2) is 22.5 Å². The van der Waals surface area contributed by atoms with Gasteiger partial charge in [0.25, 0.3) is 0 Å². The first-order valence-corrected chi connectivity index (χ1v) is 9.65. The van der Waals surface area contributed by atoms with Gasteiger partial charge in [0.1, 0.15) is 0 Å². The van der Waals surface area contributed by atoms with Gasteiger partial charge in [-0.15, -0.1) is 11.3 Å². The van der Waals surface area contributed by atoms with Crippen LogP contribution in [0.2, 0.25) is 0 Å². The maximum atomic E-state index is 5.82. The van der Waals surface area contributed by atoms with E-state index in [9.17, 15) is 0 Å². The molecule has 0 bridgehead atoms. The first-order chi connectivity index (χ1) is 10.3. The van der Waals surface area contributed by atoms with Crippen LogP contribution in [0.1, 0.15) is 32.6 Å². The first kappa shape index (κ1) is 15.1. The molecule has 2 unspecified atom stereocenters. The van der Waals surface area contributed by atoms with Crippen molar-refractivity contribution in [2.75, 3.05) is 18.2 Å². The summed E-state index contributed by atoms with van der Waals surface area (Å²) in [5.74, 6) is 0. The van der Waals surface area contributed by atoms with Crippen LogP contribution in [0, 0.1) is 0 Å². The van der Waals surface area contributed by atoms with E-state index in [0.29, 0.717) is 12.1 Å². The Balaban J connectivity index is 1.69. The lowest BCUT2D eigenvalue weighted by Crippen LogP contribution is -2.33. The Bertz CT molecular complexity index is 597. The molecule has 2 heterocycles. The van der Waals surface area contributed by atoms with Gasteiger partial charge in [-0.3, -0.25) is 0 Å². The molecular weight excluding hydrogens is 300 g/mol. The molecule has 1 N–H and O–H groups in total. The highest BCUT2D eigenvalue weighted by Crippen LogP contribution is 2.31. The second kappa shape index (κ2) is 6.99. The molecule has 1 aliphatic rings. The summed E-state index contributed by atoms with van der Waals surface area (Å²) in [6.07, 6.45) is 7.08. The predicted molar refractivity (Wildman–Crippen MR) is 92.7 cm³/mol. The summed E-state index contributed by atoms with van der Waals surface area (Å²) in [5, 5.41) is 3.68. The predicted octanol–water partition coefficient (Wildman–Crippen LogP) is 4.78. The Morgan fingerprint density at radius 1 is 1.48 bits per heavy atom. The number of anilines is 1. The summed E-state index contributed by atoms with van der Waals surface area (Å²) in [6.45, 7) is 3.10. The van der Waals surface area contributed by atoms with E-state index in [1.54, 1.807) is 23.1 Å². The molecule has 3 nitrogen and oxygen atoms in total. The van der Waals surface area contributed by atoms with E-state index >= 15 is 0 Å². The number of nitrogens with one attached hydrogen (secondary N) is 1. The van der Waals surface area contributed by atoms with Crippen LogP contribution in [0.5, 0.6) is 0 Å². The molecule has 1 fully saturated rings. The van der Waals surface area contributed by atoms with Gasteiger partial charge in [-0.05, 0) is 43.7 Å². The van der Waals surface area contributed by atoms with Crippen molar-refractivity contribution < 1.29 is 4.74 Å². The Labute approximate surface area is 134 Å². The second-order valence-electron chi connectivity index (χ2n) is 5.51. The lowest BCUT2D eigenvalue weighted by Gasteiger charge is -2.30. The molecular formula is C16H22N2OS2. The third-order valence-electron chi connectivity index (χ3n) is 3.89. The van der Waals surface area contributed by atoms with Crippen LogP contribution in [0.4, 0.5) is 5.69 Å². The number of thioether (sulfide) groups is 1. The fourth-order valence-electron chi connectivity index (χ4n) is 2.85. The SMILES string of the molecule is CCCC1CC(Nc2ccc3nc(SC)sc3c2)CCO1. The third-order valence-corrected chi connectivity index (χ3v) is 5.90. The quantitative estimate of drug-likeness (QED) is 0.804. The summed E-state index contributed by atoms with van der Waals surface area (Å²) >= 11 is 3.48. The molecule has 5 heteroatoms. The topological polar surface area (TPSA) is 34.2 Å². The zero-order chi connectivity index (χ0) is 14.7. The largest absolute Gasteiger partial charge is 0.382 e. The molecule has 3 rings (SSSR count). The minimum Gasteiger partial charge on any atom is -0.382 e. The van der Waals surface area contributed by atoms with Gasteiger partial charge in [0, 0.05) is 18.3 Å². The molecule has 0 radical (unpaired) electrons. The Hall–Kier alpha value is -0.780. The van der Waals surface area contributed by atoms with Crippen LogP contribution in [-0.4, -0.2) is 30.0 Å².